The molecule has 1 atom stereocenters. The van der Waals surface area contributed by atoms with E-state index in [4.69, 9.17) is 9.31 Å². The minimum absolute atomic E-state index is 0.197. The fourth-order valence-electron chi connectivity index (χ4n) is 1.32. The SMILES string of the molecule is CC1(C)OB(C(I)CC(F)F)OC1(C)C. The van der Waals surface area contributed by atoms with Gasteiger partial charge in [0.2, 0.25) is 6.43 Å². The van der Waals surface area contributed by atoms with Gasteiger partial charge in [0.25, 0.3) is 0 Å². The molecule has 0 aromatic heterocycles. The predicted octanol–water partition coefficient (Wildman–Crippen LogP) is 3.08. The second kappa shape index (κ2) is 4.45. The predicted molar refractivity (Wildman–Crippen MR) is 64.5 cm³/mol. The third kappa shape index (κ3) is 3.03. The van der Waals surface area contributed by atoms with Crippen molar-refractivity contribution in [2.75, 3.05) is 0 Å². The molecule has 6 heteroatoms. The van der Waals surface area contributed by atoms with E-state index in [9.17, 15) is 8.78 Å². The van der Waals surface area contributed by atoms with Crippen molar-refractivity contribution in [3.63, 3.8) is 0 Å². The minimum atomic E-state index is -2.31. The fourth-order valence-corrected chi connectivity index (χ4v) is 2.00. The van der Waals surface area contributed by atoms with Gasteiger partial charge < -0.3 is 9.31 Å². The first-order valence-electron chi connectivity index (χ1n) is 4.93. The Bertz CT molecular complexity index is 220. The summed E-state index contributed by atoms with van der Waals surface area (Å²) in [4.78, 5) is 0. The Balaban J connectivity index is 2.62. The van der Waals surface area contributed by atoms with Crippen LogP contribution in [0.15, 0.2) is 0 Å². The molecule has 15 heavy (non-hydrogen) atoms. The number of hydrogen-bond acceptors (Lipinski definition) is 2. The van der Waals surface area contributed by atoms with E-state index in [2.05, 4.69) is 0 Å². The molecule has 0 spiro atoms. The summed E-state index contributed by atoms with van der Waals surface area (Å²) in [7, 11) is -0.537. The lowest BCUT2D eigenvalue weighted by Gasteiger charge is -2.32. The highest BCUT2D eigenvalue weighted by molar-refractivity contribution is 14.1. The zero-order chi connectivity index (χ0) is 11.9. The minimum Gasteiger partial charge on any atom is -0.403 e. The molecule has 0 saturated carbocycles. The van der Waals surface area contributed by atoms with Gasteiger partial charge in [0.05, 0.1) is 15.0 Å². The van der Waals surface area contributed by atoms with Crippen LogP contribution in [0.4, 0.5) is 8.78 Å². The van der Waals surface area contributed by atoms with Gasteiger partial charge in [-0.25, -0.2) is 8.78 Å². The van der Waals surface area contributed by atoms with Crippen molar-refractivity contribution >= 4 is 29.7 Å². The second-order valence-electron chi connectivity index (χ2n) is 4.77. The van der Waals surface area contributed by atoms with Crippen LogP contribution < -0.4 is 0 Å². The molecule has 1 fully saturated rings. The lowest BCUT2D eigenvalue weighted by Crippen LogP contribution is -2.41. The number of alkyl halides is 3. The van der Waals surface area contributed by atoms with Crippen LogP contribution in [0, 0.1) is 0 Å². The van der Waals surface area contributed by atoms with E-state index in [1.54, 1.807) is 0 Å². The molecule has 1 aliphatic rings. The molecule has 0 aliphatic carbocycles. The van der Waals surface area contributed by atoms with E-state index in [-0.39, 0.29) is 10.2 Å². The van der Waals surface area contributed by atoms with Gasteiger partial charge in [-0.2, -0.15) is 0 Å². The Morgan fingerprint density at radius 3 is 1.87 bits per heavy atom. The average Bonchev–Trinajstić information content (AvgIpc) is 2.20. The fraction of sp³-hybridized carbons (Fsp3) is 1.00. The van der Waals surface area contributed by atoms with E-state index in [0.29, 0.717) is 0 Å². The van der Waals surface area contributed by atoms with Crippen LogP contribution in [-0.4, -0.2) is 28.6 Å². The molecular weight excluding hydrogens is 316 g/mol. The van der Waals surface area contributed by atoms with E-state index in [1.807, 2.05) is 50.3 Å². The molecule has 2 nitrogen and oxygen atoms in total. The van der Waals surface area contributed by atoms with Gasteiger partial charge >= 0.3 is 7.12 Å². The normalized spacial score (nSPS) is 26.0. The first-order valence-corrected chi connectivity index (χ1v) is 6.18. The van der Waals surface area contributed by atoms with Gasteiger partial charge in [-0.1, -0.05) is 22.6 Å². The van der Waals surface area contributed by atoms with Crippen molar-refractivity contribution in [3.8, 4) is 0 Å². The van der Waals surface area contributed by atoms with Gasteiger partial charge in [-0.3, -0.25) is 0 Å². The summed E-state index contributed by atoms with van der Waals surface area (Å²) in [6.07, 6.45) is -2.51. The largest absolute Gasteiger partial charge is 0.471 e. The maximum atomic E-state index is 12.2. The van der Waals surface area contributed by atoms with Crippen LogP contribution in [0.1, 0.15) is 34.1 Å². The Labute approximate surface area is 103 Å². The highest BCUT2D eigenvalue weighted by Gasteiger charge is 2.53. The van der Waals surface area contributed by atoms with Crippen molar-refractivity contribution in [1.82, 2.24) is 0 Å². The van der Waals surface area contributed by atoms with E-state index in [1.165, 1.54) is 0 Å². The van der Waals surface area contributed by atoms with Crippen LogP contribution in [-0.2, 0) is 9.31 Å². The average molecular weight is 332 g/mol. The molecule has 88 valence electrons. The quantitative estimate of drug-likeness (QED) is 0.449. The van der Waals surface area contributed by atoms with Gasteiger partial charge in [0.15, 0.2) is 0 Å². The second-order valence-corrected chi connectivity index (χ2v) is 6.37. The molecule has 0 radical (unpaired) electrons. The van der Waals surface area contributed by atoms with Crippen LogP contribution in [0.25, 0.3) is 0 Å². The standard InChI is InChI=1S/C9H16BF2IO2/c1-8(2)9(3,4)15-10(14-8)6(13)5-7(11)12/h6-7H,5H2,1-4H3. The summed E-state index contributed by atoms with van der Waals surface area (Å²) < 4.78 is 35.4. The number of halogens is 3. The zero-order valence-corrected chi connectivity index (χ0v) is 11.5. The van der Waals surface area contributed by atoms with Gasteiger partial charge in [0.1, 0.15) is 0 Å². The lowest BCUT2D eigenvalue weighted by atomic mass is 9.83. The summed E-state index contributed by atoms with van der Waals surface area (Å²) in [5, 5.41) is 0. The number of rotatable bonds is 3. The van der Waals surface area contributed by atoms with Crippen LogP contribution in [0.3, 0.4) is 0 Å². The maximum Gasteiger partial charge on any atom is 0.471 e. The topological polar surface area (TPSA) is 18.5 Å². The molecular formula is C9H16BF2IO2. The highest BCUT2D eigenvalue weighted by Crippen LogP contribution is 2.39. The Morgan fingerprint density at radius 2 is 1.53 bits per heavy atom. The molecule has 1 unspecified atom stereocenters. The summed E-state index contributed by atoms with van der Waals surface area (Å²) in [5.74, 6) is 0. The van der Waals surface area contributed by atoms with Crippen LogP contribution in [0.2, 0.25) is 0 Å². The molecule has 0 bridgehead atoms. The molecule has 1 rings (SSSR count). The smallest absolute Gasteiger partial charge is 0.403 e. The highest BCUT2D eigenvalue weighted by atomic mass is 127. The molecule has 1 heterocycles. The van der Waals surface area contributed by atoms with Gasteiger partial charge in [-0.05, 0) is 27.7 Å². The van der Waals surface area contributed by atoms with Crippen molar-refractivity contribution in [3.05, 3.63) is 0 Å². The Kier molecular flexibility index (Phi) is 4.04. The molecule has 1 saturated heterocycles. The van der Waals surface area contributed by atoms with Crippen molar-refractivity contribution in [2.45, 2.75) is 55.6 Å². The van der Waals surface area contributed by atoms with Crippen molar-refractivity contribution in [2.24, 2.45) is 0 Å². The van der Waals surface area contributed by atoms with E-state index in [0.717, 1.165) is 0 Å². The first kappa shape index (κ1) is 13.6. The van der Waals surface area contributed by atoms with E-state index < -0.39 is 24.7 Å². The number of hydrogen-bond donors (Lipinski definition) is 0. The zero-order valence-electron chi connectivity index (χ0n) is 9.39. The summed E-state index contributed by atoms with van der Waals surface area (Å²) in [5.41, 5.74) is -0.883. The maximum absolute atomic E-state index is 12.2. The molecule has 0 aromatic rings. The Morgan fingerprint density at radius 1 is 1.13 bits per heavy atom. The summed E-state index contributed by atoms with van der Waals surface area (Å²) in [6, 6.07) is 0. The third-order valence-electron chi connectivity index (χ3n) is 2.97. The van der Waals surface area contributed by atoms with E-state index >= 15 is 0 Å². The van der Waals surface area contributed by atoms with Gasteiger partial charge in [0, 0.05) is 6.42 Å². The monoisotopic (exact) mass is 332 g/mol. The summed E-state index contributed by atoms with van der Waals surface area (Å²) in [6.45, 7) is 7.66. The molecule has 0 amide bonds. The molecule has 1 aliphatic heterocycles. The van der Waals surface area contributed by atoms with Crippen molar-refractivity contribution < 1.29 is 18.1 Å². The first-order chi connectivity index (χ1) is 6.66. The van der Waals surface area contributed by atoms with Crippen LogP contribution in [0.5, 0.6) is 0 Å². The van der Waals surface area contributed by atoms with Crippen molar-refractivity contribution in [1.29, 1.82) is 0 Å². The summed E-state index contributed by atoms with van der Waals surface area (Å²) >= 11 is 1.96. The molecule has 0 aromatic carbocycles. The Hall–Kier alpha value is 0.575. The van der Waals surface area contributed by atoms with Crippen LogP contribution >= 0.6 is 22.6 Å². The lowest BCUT2D eigenvalue weighted by molar-refractivity contribution is 0.00578. The third-order valence-corrected chi connectivity index (χ3v) is 4.07. The van der Waals surface area contributed by atoms with Gasteiger partial charge in [-0.15, -0.1) is 0 Å². The molecule has 0 N–H and O–H groups in total.